The third kappa shape index (κ3) is 3.27. The summed E-state index contributed by atoms with van der Waals surface area (Å²) >= 11 is 0. The molecule has 0 bridgehead atoms. The van der Waals surface area contributed by atoms with Crippen LogP contribution in [-0.2, 0) is 10.0 Å². The number of rotatable bonds is 4. The number of aliphatic hydroxyl groups is 1. The van der Waals surface area contributed by atoms with Gasteiger partial charge >= 0.3 is 0 Å². The number of nitrogens with one attached hydrogen (secondary N) is 2. The van der Waals surface area contributed by atoms with Crippen molar-refractivity contribution in [3.05, 3.63) is 53.8 Å². The highest BCUT2D eigenvalue weighted by molar-refractivity contribution is 7.90. The molecule has 30 heavy (non-hydrogen) atoms. The van der Waals surface area contributed by atoms with Crippen LogP contribution in [0.15, 0.2) is 47.6 Å². The Morgan fingerprint density at radius 2 is 1.93 bits per heavy atom. The summed E-state index contributed by atoms with van der Waals surface area (Å²) in [5.74, 6) is 0.157. The lowest BCUT2D eigenvalue weighted by Gasteiger charge is -2.21. The lowest BCUT2D eigenvalue weighted by molar-refractivity contribution is 0.176. The Balaban J connectivity index is 1.84. The Kier molecular flexibility index (Phi) is 5.11. The molecule has 0 saturated heterocycles. The van der Waals surface area contributed by atoms with Crippen molar-refractivity contribution in [3.63, 3.8) is 0 Å². The second kappa shape index (κ2) is 7.48. The van der Waals surface area contributed by atoms with Gasteiger partial charge < -0.3 is 5.11 Å². The minimum Gasteiger partial charge on any atom is -0.393 e. The summed E-state index contributed by atoms with van der Waals surface area (Å²) in [6, 6.07) is 8.15. The molecule has 1 aliphatic rings. The first kappa shape index (κ1) is 20.5. The Morgan fingerprint density at radius 3 is 2.60 bits per heavy atom. The molecule has 1 fully saturated rings. The van der Waals surface area contributed by atoms with Crippen LogP contribution in [-0.4, -0.2) is 39.0 Å². The molecule has 1 aromatic carbocycles. The van der Waals surface area contributed by atoms with Crippen LogP contribution in [0.4, 0.5) is 0 Å². The molecular weight excluding hydrogens is 402 g/mol. The van der Waals surface area contributed by atoms with E-state index in [0.717, 1.165) is 16.0 Å². The molecule has 0 aliphatic heterocycles. The van der Waals surface area contributed by atoms with E-state index in [1.54, 1.807) is 30.3 Å². The van der Waals surface area contributed by atoms with Crippen molar-refractivity contribution in [2.75, 3.05) is 0 Å². The van der Waals surface area contributed by atoms with Crippen molar-refractivity contribution < 1.29 is 13.5 Å². The number of nitrogens with zero attached hydrogens (tertiary/aromatic N) is 3. The zero-order chi connectivity index (χ0) is 21.6. The monoisotopic (exact) mass is 427 g/mol. The van der Waals surface area contributed by atoms with E-state index >= 15 is 0 Å². The molecular formula is C21H25N5O3S. The average Bonchev–Trinajstić information content (AvgIpc) is 3.31. The number of fused-ring (bicyclic) bond motifs is 1. The van der Waals surface area contributed by atoms with Crippen molar-refractivity contribution >= 4 is 27.0 Å². The molecule has 4 rings (SSSR count). The van der Waals surface area contributed by atoms with Crippen LogP contribution in [0.2, 0.25) is 0 Å². The summed E-state index contributed by atoms with van der Waals surface area (Å²) in [7, 11) is -3.87. The maximum absolute atomic E-state index is 13.2. The van der Waals surface area contributed by atoms with Crippen molar-refractivity contribution in [1.82, 2.24) is 13.5 Å². The largest absolute Gasteiger partial charge is 0.393 e. The van der Waals surface area contributed by atoms with E-state index in [4.69, 9.17) is 10.8 Å². The van der Waals surface area contributed by atoms with E-state index in [9.17, 15) is 13.5 Å². The summed E-state index contributed by atoms with van der Waals surface area (Å²) in [6.45, 7) is 3.92. The standard InChI is InChI=1S/C21H25N5O3S/c1-3-14-10-15(27)11-17(14)20(23)26-18-8-9-25(21(18)24-12-19(26)22)30(28,29)16-6-4-13(2)5-7-16/h4-9,12,14-15,17,22-23,27H,3,10-11H2,1-2H3. The number of benzene rings is 1. The molecule has 1 aliphatic carbocycles. The second-order valence-corrected chi connectivity index (χ2v) is 9.72. The van der Waals surface area contributed by atoms with Crippen LogP contribution in [0, 0.1) is 29.6 Å². The predicted molar refractivity (Wildman–Crippen MR) is 113 cm³/mol. The van der Waals surface area contributed by atoms with Gasteiger partial charge in [-0.2, -0.15) is 0 Å². The summed E-state index contributed by atoms with van der Waals surface area (Å²) in [4.78, 5) is 4.35. The lowest BCUT2D eigenvalue weighted by atomic mass is 9.92. The molecule has 8 nitrogen and oxygen atoms in total. The molecule has 2 aromatic heterocycles. The molecule has 3 atom stereocenters. The van der Waals surface area contributed by atoms with Gasteiger partial charge in [-0.3, -0.25) is 15.4 Å². The highest BCUT2D eigenvalue weighted by Crippen LogP contribution is 2.35. The van der Waals surface area contributed by atoms with Crippen molar-refractivity contribution in [1.29, 1.82) is 10.8 Å². The van der Waals surface area contributed by atoms with Gasteiger partial charge in [-0.25, -0.2) is 17.4 Å². The normalized spacial score (nSPS) is 21.9. The first-order chi connectivity index (χ1) is 14.2. The van der Waals surface area contributed by atoms with Gasteiger partial charge in [0.15, 0.2) is 5.65 Å². The Labute approximate surface area is 174 Å². The van der Waals surface area contributed by atoms with E-state index in [-0.39, 0.29) is 33.7 Å². The van der Waals surface area contributed by atoms with Crippen LogP contribution in [0.3, 0.4) is 0 Å². The van der Waals surface area contributed by atoms with Gasteiger partial charge in [0.1, 0.15) is 11.3 Å². The van der Waals surface area contributed by atoms with Crippen LogP contribution in [0.5, 0.6) is 0 Å². The minimum atomic E-state index is -3.87. The molecule has 9 heteroatoms. The van der Waals surface area contributed by atoms with Gasteiger partial charge in [-0.1, -0.05) is 31.0 Å². The number of aliphatic hydroxyl groups excluding tert-OH is 1. The Bertz CT molecular complexity index is 1270. The molecule has 1 saturated carbocycles. The fourth-order valence-corrected chi connectivity index (χ4v) is 5.63. The van der Waals surface area contributed by atoms with E-state index < -0.39 is 16.1 Å². The van der Waals surface area contributed by atoms with E-state index in [1.165, 1.54) is 17.0 Å². The van der Waals surface area contributed by atoms with Gasteiger partial charge in [0.05, 0.1) is 22.7 Å². The van der Waals surface area contributed by atoms with E-state index in [2.05, 4.69) is 4.98 Å². The Morgan fingerprint density at radius 1 is 1.23 bits per heavy atom. The smallest absolute Gasteiger partial charge is 0.269 e. The van der Waals surface area contributed by atoms with Crippen molar-refractivity contribution in [2.24, 2.45) is 11.8 Å². The first-order valence-corrected chi connectivity index (χ1v) is 11.4. The Hall–Kier alpha value is -2.78. The maximum atomic E-state index is 13.2. The van der Waals surface area contributed by atoms with Crippen LogP contribution in [0.1, 0.15) is 31.7 Å². The number of hydrogen-bond acceptors (Lipinski definition) is 6. The number of hydrogen-bond donors (Lipinski definition) is 3. The molecule has 3 N–H and O–H groups in total. The predicted octanol–water partition coefficient (Wildman–Crippen LogP) is 2.49. The summed E-state index contributed by atoms with van der Waals surface area (Å²) in [6.07, 6.45) is 4.15. The maximum Gasteiger partial charge on any atom is 0.269 e. The minimum absolute atomic E-state index is 0.00854. The van der Waals surface area contributed by atoms with E-state index in [1.807, 2.05) is 13.8 Å². The van der Waals surface area contributed by atoms with E-state index in [0.29, 0.717) is 18.4 Å². The van der Waals surface area contributed by atoms with Gasteiger partial charge in [0.2, 0.25) is 0 Å². The number of aromatic nitrogens is 3. The van der Waals surface area contributed by atoms with Gasteiger partial charge in [0.25, 0.3) is 10.0 Å². The topological polar surface area (TPSA) is 125 Å². The summed E-state index contributed by atoms with van der Waals surface area (Å²) in [5, 5.41) is 27.2. The van der Waals surface area contributed by atoms with Gasteiger partial charge in [-0.05, 0) is 43.9 Å². The second-order valence-electron chi connectivity index (χ2n) is 7.90. The highest BCUT2D eigenvalue weighted by Gasteiger charge is 2.36. The lowest BCUT2D eigenvalue weighted by Crippen LogP contribution is -2.34. The van der Waals surface area contributed by atoms with Crippen LogP contribution >= 0.6 is 0 Å². The molecule has 3 unspecified atom stereocenters. The average molecular weight is 428 g/mol. The third-order valence-corrected chi connectivity index (χ3v) is 7.64. The molecule has 0 spiro atoms. The van der Waals surface area contributed by atoms with Crippen molar-refractivity contribution in [2.45, 2.75) is 44.1 Å². The molecule has 158 valence electrons. The third-order valence-electron chi connectivity index (χ3n) is 5.96. The fraction of sp³-hybridized carbons (Fsp3) is 0.381. The quantitative estimate of drug-likeness (QED) is 0.437. The van der Waals surface area contributed by atoms with Crippen LogP contribution in [0.25, 0.3) is 11.2 Å². The number of aryl methyl sites for hydroxylation is 1. The summed E-state index contributed by atoms with van der Waals surface area (Å²) in [5.41, 5.74) is 1.52. The molecule has 3 aromatic rings. The first-order valence-electron chi connectivity index (χ1n) is 9.97. The van der Waals surface area contributed by atoms with Crippen LogP contribution < -0.4 is 5.49 Å². The van der Waals surface area contributed by atoms with Gasteiger partial charge in [-0.15, -0.1) is 0 Å². The fourth-order valence-electron chi connectivity index (χ4n) is 4.33. The molecule has 0 radical (unpaired) electrons. The zero-order valence-electron chi connectivity index (χ0n) is 16.9. The highest BCUT2D eigenvalue weighted by atomic mass is 32.2. The zero-order valence-corrected chi connectivity index (χ0v) is 17.7. The molecule has 2 heterocycles. The van der Waals surface area contributed by atoms with Crippen molar-refractivity contribution in [3.8, 4) is 0 Å². The SMILES string of the molecule is CCC1CC(O)CC1C(=N)n1c(=N)cnc2c1ccn2S(=O)(=O)c1ccc(C)cc1. The van der Waals surface area contributed by atoms with Gasteiger partial charge in [0, 0.05) is 12.1 Å². The summed E-state index contributed by atoms with van der Waals surface area (Å²) < 4.78 is 28.9. The molecule has 0 amide bonds.